The number of carbonyl (C=O) groups is 2. The summed E-state index contributed by atoms with van der Waals surface area (Å²) in [6, 6.07) is 13.5. The summed E-state index contributed by atoms with van der Waals surface area (Å²) >= 11 is 17.2. The van der Waals surface area contributed by atoms with Crippen molar-refractivity contribution in [3.8, 4) is 0 Å². The van der Waals surface area contributed by atoms with Crippen molar-refractivity contribution in [1.29, 1.82) is 0 Å². The van der Waals surface area contributed by atoms with Gasteiger partial charge in [-0.05, 0) is 37.3 Å². The highest BCUT2D eigenvalue weighted by molar-refractivity contribution is 7.80. The molecule has 1 N–H and O–H groups in total. The fourth-order valence-corrected chi connectivity index (χ4v) is 3.41. The van der Waals surface area contributed by atoms with E-state index in [1.807, 2.05) is 18.2 Å². The summed E-state index contributed by atoms with van der Waals surface area (Å²) in [5.74, 6) is -1.63. The van der Waals surface area contributed by atoms with Gasteiger partial charge in [0.2, 0.25) is 0 Å². The molecule has 26 heavy (non-hydrogen) atoms. The number of rotatable bonds is 3. The maximum absolute atomic E-state index is 12.7. The van der Waals surface area contributed by atoms with Gasteiger partial charge in [0.1, 0.15) is 10.9 Å². The molecule has 132 valence electrons. The largest absolute Gasteiger partial charge is 0.315 e. The normalized spacial score (nSPS) is 16.4. The second kappa shape index (κ2) is 7.53. The van der Waals surface area contributed by atoms with Crippen LogP contribution in [0.5, 0.6) is 0 Å². The third-order valence-corrected chi connectivity index (χ3v) is 4.69. The number of thiocarbonyl (C=S) groups is 1. The molecule has 0 aliphatic carbocycles. The number of hydrazone groups is 1. The van der Waals surface area contributed by atoms with Gasteiger partial charge in [0.25, 0.3) is 11.8 Å². The summed E-state index contributed by atoms with van der Waals surface area (Å²) < 4.78 is 0. The Labute approximate surface area is 165 Å². The standard InChI is InChI=1S/C18H13Cl2N3O2S/c1-10-15(18(25)23(22-10)12-5-3-2-4-6-12)17(26)21-16(24)13-8-7-11(19)9-14(13)20/h2-9,15H,1H3,(H,21,24,26). The van der Waals surface area contributed by atoms with Gasteiger partial charge in [0.05, 0.1) is 22.0 Å². The van der Waals surface area contributed by atoms with Gasteiger partial charge >= 0.3 is 0 Å². The molecule has 0 radical (unpaired) electrons. The van der Waals surface area contributed by atoms with E-state index in [0.29, 0.717) is 16.4 Å². The zero-order chi connectivity index (χ0) is 18.8. The predicted octanol–water partition coefficient (Wildman–Crippen LogP) is 4.09. The Morgan fingerprint density at radius 3 is 2.54 bits per heavy atom. The fourth-order valence-electron chi connectivity index (χ4n) is 2.55. The first-order chi connectivity index (χ1) is 12.4. The van der Waals surface area contributed by atoms with Crippen LogP contribution in [0, 0.1) is 5.92 Å². The lowest BCUT2D eigenvalue weighted by atomic mass is 10.0. The van der Waals surface area contributed by atoms with E-state index in [2.05, 4.69) is 10.4 Å². The van der Waals surface area contributed by atoms with Crippen molar-refractivity contribution in [1.82, 2.24) is 5.32 Å². The second-order valence-electron chi connectivity index (χ2n) is 5.60. The van der Waals surface area contributed by atoms with Gasteiger partial charge < -0.3 is 5.32 Å². The Hall–Kier alpha value is -2.28. The molecular formula is C18H13Cl2N3O2S. The van der Waals surface area contributed by atoms with E-state index in [0.717, 1.165) is 0 Å². The quantitative estimate of drug-likeness (QED) is 0.782. The molecule has 0 bridgehead atoms. The van der Waals surface area contributed by atoms with E-state index in [4.69, 9.17) is 35.4 Å². The SMILES string of the molecule is CC1=NN(c2ccccc2)C(=O)C1C(=S)NC(=O)c1ccc(Cl)cc1Cl. The highest BCUT2D eigenvalue weighted by Crippen LogP contribution is 2.25. The van der Waals surface area contributed by atoms with Crippen LogP contribution < -0.4 is 10.3 Å². The summed E-state index contributed by atoms with van der Waals surface area (Å²) in [5.41, 5.74) is 1.36. The molecule has 2 aromatic carbocycles. The number of carbonyl (C=O) groups excluding carboxylic acids is 2. The average molecular weight is 406 g/mol. The van der Waals surface area contributed by atoms with Crippen molar-refractivity contribution in [3.05, 3.63) is 64.1 Å². The molecule has 0 saturated heterocycles. The van der Waals surface area contributed by atoms with Crippen LogP contribution in [0.3, 0.4) is 0 Å². The van der Waals surface area contributed by atoms with Crippen LogP contribution in [0.4, 0.5) is 5.69 Å². The Kier molecular flexibility index (Phi) is 5.36. The van der Waals surface area contributed by atoms with Gasteiger partial charge in [-0.2, -0.15) is 10.1 Å². The molecule has 0 spiro atoms. The number of halogens is 2. The van der Waals surface area contributed by atoms with E-state index in [-0.39, 0.29) is 21.5 Å². The number of hydrogen-bond acceptors (Lipinski definition) is 4. The molecule has 0 fully saturated rings. The molecule has 2 amide bonds. The first-order valence-corrected chi connectivity index (χ1v) is 8.79. The lowest BCUT2D eigenvalue weighted by molar-refractivity contribution is -0.118. The maximum atomic E-state index is 12.7. The van der Waals surface area contributed by atoms with Crippen molar-refractivity contribution in [2.75, 3.05) is 5.01 Å². The van der Waals surface area contributed by atoms with Gasteiger partial charge in [0, 0.05) is 5.02 Å². The van der Waals surface area contributed by atoms with Gasteiger partial charge in [-0.25, -0.2) is 0 Å². The molecule has 0 saturated carbocycles. The Balaban J connectivity index is 1.77. The molecule has 3 rings (SSSR count). The second-order valence-corrected chi connectivity index (χ2v) is 6.89. The van der Waals surface area contributed by atoms with Crippen LogP contribution in [-0.2, 0) is 4.79 Å². The molecule has 5 nitrogen and oxygen atoms in total. The molecule has 1 atom stereocenters. The van der Waals surface area contributed by atoms with Crippen LogP contribution in [0.1, 0.15) is 17.3 Å². The molecule has 8 heteroatoms. The highest BCUT2D eigenvalue weighted by Gasteiger charge is 2.38. The average Bonchev–Trinajstić information content (AvgIpc) is 2.90. The first-order valence-electron chi connectivity index (χ1n) is 7.63. The van der Waals surface area contributed by atoms with E-state index in [1.54, 1.807) is 25.1 Å². The predicted molar refractivity (Wildman–Crippen MR) is 107 cm³/mol. The minimum Gasteiger partial charge on any atom is -0.315 e. The first kappa shape index (κ1) is 18.5. The van der Waals surface area contributed by atoms with Crippen LogP contribution in [-0.4, -0.2) is 22.5 Å². The van der Waals surface area contributed by atoms with Gasteiger partial charge in [-0.3, -0.25) is 9.59 Å². The van der Waals surface area contributed by atoms with Crippen LogP contribution in [0.15, 0.2) is 53.6 Å². The van der Waals surface area contributed by atoms with Crippen LogP contribution in [0.25, 0.3) is 0 Å². The van der Waals surface area contributed by atoms with Gasteiger partial charge in [0.15, 0.2) is 0 Å². The summed E-state index contributed by atoms with van der Waals surface area (Å²) in [7, 11) is 0. The van der Waals surface area contributed by atoms with Crippen LogP contribution >= 0.6 is 35.4 Å². The Bertz CT molecular complexity index is 931. The summed E-state index contributed by atoms with van der Waals surface area (Å²) in [4.78, 5) is 25.2. The number of anilines is 1. The van der Waals surface area contributed by atoms with E-state index >= 15 is 0 Å². The summed E-state index contributed by atoms with van der Waals surface area (Å²) in [5, 5.41) is 8.74. The lowest BCUT2D eigenvalue weighted by Gasteiger charge is -2.16. The lowest BCUT2D eigenvalue weighted by Crippen LogP contribution is -2.41. The van der Waals surface area contributed by atoms with E-state index in [9.17, 15) is 9.59 Å². The monoisotopic (exact) mass is 405 g/mol. The molecule has 1 heterocycles. The van der Waals surface area contributed by atoms with Gasteiger partial charge in [-0.15, -0.1) is 0 Å². The molecule has 0 aromatic heterocycles. The number of benzene rings is 2. The van der Waals surface area contributed by atoms with Crippen molar-refractivity contribution in [2.45, 2.75) is 6.92 Å². The zero-order valence-electron chi connectivity index (χ0n) is 13.6. The fraction of sp³-hybridized carbons (Fsp3) is 0.111. The third-order valence-electron chi connectivity index (χ3n) is 3.81. The topological polar surface area (TPSA) is 61.8 Å². The van der Waals surface area contributed by atoms with Crippen molar-refractivity contribution >= 4 is 63.6 Å². The maximum Gasteiger partial charge on any atom is 0.263 e. The van der Waals surface area contributed by atoms with E-state index in [1.165, 1.54) is 17.1 Å². The zero-order valence-corrected chi connectivity index (χ0v) is 15.9. The van der Waals surface area contributed by atoms with Crippen molar-refractivity contribution in [3.63, 3.8) is 0 Å². The summed E-state index contributed by atoms with van der Waals surface area (Å²) in [6.07, 6.45) is 0. The molecule has 1 unspecified atom stereocenters. The number of para-hydroxylation sites is 1. The number of amides is 2. The van der Waals surface area contributed by atoms with Crippen LogP contribution in [0.2, 0.25) is 10.0 Å². The molecule has 1 aliphatic heterocycles. The Morgan fingerprint density at radius 1 is 1.19 bits per heavy atom. The number of hydrogen-bond donors (Lipinski definition) is 1. The minimum absolute atomic E-state index is 0.0747. The number of nitrogens with zero attached hydrogens (tertiary/aromatic N) is 2. The molecule has 2 aromatic rings. The van der Waals surface area contributed by atoms with Gasteiger partial charge in [-0.1, -0.05) is 53.6 Å². The van der Waals surface area contributed by atoms with Crippen molar-refractivity contribution in [2.24, 2.45) is 11.0 Å². The smallest absolute Gasteiger partial charge is 0.263 e. The van der Waals surface area contributed by atoms with E-state index < -0.39 is 11.8 Å². The molecule has 1 aliphatic rings. The Morgan fingerprint density at radius 2 is 1.88 bits per heavy atom. The minimum atomic E-state index is -0.805. The molecular weight excluding hydrogens is 393 g/mol. The summed E-state index contributed by atoms with van der Waals surface area (Å²) in [6.45, 7) is 1.69. The highest BCUT2D eigenvalue weighted by atomic mass is 35.5. The third kappa shape index (κ3) is 3.62. The van der Waals surface area contributed by atoms with Crippen molar-refractivity contribution < 1.29 is 9.59 Å². The number of nitrogens with one attached hydrogen (secondary N) is 1.